The number of hydrogen-bond donors (Lipinski definition) is 1. The molecule has 1 aromatic carbocycles. The van der Waals surface area contributed by atoms with E-state index in [-0.39, 0.29) is 5.91 Å². The third-order valence-corrected chi connectivity index (χ3v) is 2.94. The largest absolute Gasteiger partial charge is 0.320 e. The summed E-state index contributed by atoms with van der Waals surface area (Å²) in [6, 6.07) is 13.3. The Hall–Kier alpha value is -1.68. The van der Waals surface area contributed by atoms with Crippen LogP contribution in [0, 0.1) is 0 Å². The van der Waals surface area contributed by atoms with Crippen molar-refractivity contribution in [1.29, 1.82) is 0 Å². The Kier molecular flexibility index (Phi) is 3.88. The Bertz CT molecular complexity index is 514. The molecule has 2 aromatic rings. The first-order valence-electron chi connectivity index (χ1n) is 5.24. The summed E-state index contributed by atoms with van der Waals surface area (Å²) < 4.78 is 2.71. The minimum absolute atomic E-state index is 0.0481. The van der Waals surface area contributed by atoms with Crippen molar-refractivity contribution in [2.24, 2.45) is 0 Å². The van der Waals surface area contributed by atoms with E-state index in [2.05, 4.69) is 21.2 Å². The van der Waals surface area contributed by atoms with E-state index >= 15 is 0 Å². The third kappa shape index (κ3) is 3.39. The lowest BCUT2D eigenvalue weighted by Gasteiger charge is -2.04. The first kappa shape index (κ1) is 11.8. The van der Waals surface area contributed by atoms with Gasteiger partial charge in [0.05, 0.1) is 5.69 Å². The highest BCUT2D eigenvalue weighted by molar-refractivity contribution is 9.10. The van der Waals surface area contributed by atoms with Gasteiger partial charge in [0.2, 0.25) is 6.54 Å². The van der Waals surface area contributed by atoms with Crippen molar-refractivity contribution in [2.45, 2.75) is 6.54 Å². The first-order valence-corrected chi connectivity index (χ1v) is 6.03. The average Bonchev–Trinajstić information content (AvgIpc) is 2.33. The molecule has 0 aliphatic heterocycles. The smallest absolute Gasteiger partial charge is 0.290 e. The molecule has 0 atom stereocenters. The van der Waals surface area contributed by atoms with Gasteiger partial charge >= 0.3 is 0 Å². The fraction of sp³-hybridized carbons (Fsp3) is 0.0769. The predicted octanol–water partition coefficient (Wildman–Crippen LogP) is 2.38. The molecule has 0 spiro atoms. The fourth-order valence-electron chi connectivity index (χ4n) is 1.46. The summed E-state index contributed by atoms with van der Waals surface area (Å²) in [5.74, 6) is -0.0481. The van der Waals surface area contributed by atoms with Gasteiger partial charge in [-0.3, -0.25) is 4.79 Å². The van der Waals surface area contributed by atoms with Crippen molar-refractivity contribution in [3.63, 3.8) is 0 Å². The molecular weight excluding hydrogens is 280 g/mol. The summed E-state index contributed by atoms with van der Waals surface area (Å²) in [7, 11) is 0. The molecule has 0 aliphatic rings. The average molecular weight is 292 g/mol. The van der Waals surface area contributed by atoms with Gasteiger partial charge < -0.3 is 5.32 Å². The maximum atomic E-state index is 11.8. The zero-order valence-electron chi connectivity index (χ0n) is 9.14. The summed E-state index contributed by atoms with van der Waals surface area (Å²) in [5.41, 5.74) is 0.786. The molecule has 1 aromatic heterocycles. The molecule has 3 nitrogen and oxygen atoms in total. The van der Waals surface area contributed by atoms with Gasteiger partial charge in [-0.2, -0.15) is 4.57 Å². The van der Waals surface area contributed by atoms with Crippen LogP contribution in [0.25, 0.3) is 0 Å². The van der Waals surface area contributed by atoms with Crippen LogP contribution < -0.4 is 9.88 Å². The molecule has 0 saturated carbocycles. The van der Waals surface area contributed by atoms with E-state index in [1.807, 2.05) is 59.4 Å². The number of benzene rings is 1. The van der Waals surface area contributed by atoms with Gasteiger partial charge in [-0.05, 0) is 28.1 Å². The summed E-state index contributed by atoms with van der Waals surface area (Å²) in [5, 5.41) is 2.85. The van der Waals surface area contributed by atoms with Crippen molar-refractivity contribution in [1.82, 2.24) is 0 Å². The molecule has 2 rings (SSSR count). The van der Waals surface area contributed by atoms with Crippen LogP contribution in [0.4, 0.5) is 5.69 Å². The number of nitrogens with one attached hydrogen (secondary N) is 1. The van der Waals surface area contributed by atoms with Crippen LogP contribution in [0.1, 0.15) is 0 Å². The van der Waals surface area contributed by atoms with E-state index in [1.54, 1.807) is 0 Å². The molecular formula is C13H12BrN2O+. The number of carbonyl (C=O) groups excluding carboxylic acids is 1. The lowest BCUT2D eigenvalue weighted by Crippen LogP contribution is -2.39. The van der Waals surface area contributed by atoms with Gasteiger partial charge in [0.1, 0.15) is 0 Å². The van der Waals surface area contributed by atoms with Crippen molar-refractivity contribution in [3.05, 3.63) is 59.3 Å². The number of para-hydroxylation sites is 1. The van der Waals surface area contributed by atoms with Crippen molar-refractivity contribution >= 4 is 27.5 Å². The van der Waals surface area contributed by atoms with Crippen LogP contribution in [-0.2, 0) is 11.3 Å². The summed E-state index contributed by atoms with van der Waals surface area (Å²) in [6.45, 7) is 0.308. The maximum absolute atomic E-state index is 11.8. The molecule has 4 heteroatoms. The van der Waals surface area contributed by atoms with E-state index in [1.165, 1.54) is 0 Å². The highest BCUT2D eigenvalue weighted by atomic mass is 79.9. The molecule has 1 N–H and O–H groups in total. The van der Waals surface area contributed by atoms with Crippen molar-refractivity contribution in [3.8, 4) is 0 Å². The number of amides is 1. The fourth-order valence-corrected chi connectivity index (χ4v) is 1.84. The SMILES string of the molecule is O=C(C[n+]1ccccc1)Nc1ccccc1Br. The number of hydrogen-bond acceptors (Lipinski definition) is 1. The van der Waals surface area contributed by atoms with Gasteiger partial charge in [0.15, 0.2) is 12.4 Å². The number of rotatable bonds is 3. The quantitative estimate of drug-likeness (QED) is 0.866. The van der Waals surface area contributed by atoms with Gasteiger partial charge in [0, 0.05) is 16.6 Å². The standard InChI is InChI=1S/C13H11BrN2O/c14-11-6-2-3-7-12(11)15-13(17)10-16-8-4-1-5-9-16/h1-9H,10H2/p+1. The van der Waals surface area contributed by atoms with E-state index in [0.29, 0.717) is 6.54 Å². The second-order valence-electron chi connectivity index (χ2n) is 3.58. The molecule has 0 unspecified atom stereocenters. The van der Waals surface area contributed by atoms with Crippen LogP contribution >= 0.6 is 15.9 Å². The highest BCUT2D eigenvalue weighted by Crippen LogP contribution is 2.20. The minimum atomic E-state index is -0.0481. The van der Waals surface area contributed by atoms with Crippen LogP contribution in [-0.4, -0.2) is 5.91 Å². The molecule has 0 fully saturated rings. The molecule has 17 heavy (non-hydrogen) atoms. The topological polar surface area (TPSA) is 33.0 Å². The van der Waals surface area contributed by atoms with Crippen molar-refractivity contribution < 1.29 is 9.36 Å². The van der Waals surface area contributed by atoms with Gasteiger partial charge in [-0.1, -0.05) is 18.2 Å². The molecule has 0 radical (unpaired) electrons. The number of anilines is 1. The Morgan fingerprint density at radius 3 is 2.53 bits per heavy atom. The Morgan fingerprint density at radius 1 is 1.12 bits per heavy atom. The van der Waals surface area contributed by atoms with E-state index in [9.17, 15) is 4.79 Å². The summed E-state index contributed by atoms with van der Waals surface area (Å²) >= 11 is 3.39. The number of halogens is 1. The molecule has 86 valence electrons. The van der Waals surface area contributed by atoms with Crippen LogP contribution in [0.2, 0.25) is 0 Å². The molecule has 1 amide bonds. The zero-order valence-corrected chi connectivity index (χ0v) is 10.7. The Labute approximate surface area is 108 Å². The highest BCUT2D eigenvalue weighted by Gasteiger charge is 2.09. The molecule has 0 aliphatic carbocycles. The van der Waals surface area contributed by atoms with Gasteiger partial charge in [-0.15, -0.1) is 0 Å². The van der Waals surface area contributed by atoms with Gasteiger partial charge in [-0.25, -0.2) is 0 Å². The van der Waals surface area contributed by atoms with Crippen LogP contribution in [0.5, 0.6) is 0 Å². The molecule has 0 bridgehead atoms. The number of nitrogens with zero attached hydrogens (tertiary/aromatic N) is 1. The maximum Gasteiger partial charge on any atom is 0.290 e. The number of carbonyl (C=O) groups is 1. The predicted molar refractivity (Wildman–Crippen MR) is 69.4 cm³/mol. The van der Waals surface area contributed by atoms with E-state index in [0.717, 1.165) is 10.2 Å². The van der Waals surface area contributed by atoms with E-state index < -0.39 is 0 Å². The van der Waals surface area contributed by atoms with Gasteiger partial charge in [0.25, 0.3) is 5.91 Å². The Morgan fingerprint density at radius 2 is 1.82 bits per heavy atom. The second-order valence-corrected chi connectivity index (χ2v) is 4.43. The monoisotopic (exact) mass is 291 g/mol. The van der Waals surface area contributed by atoms with E-state index in [4.69, 9.17) is 0 Å². The summed E-state index contributed by atoms with van der Waals surface area (Å²) in [4.78, 5) is 11.8. The molecule has 0 saturated heterocycles. The van der Waals surface area contributed by atoms with Crippen molar-refractivity contribution in [2.75, 3.05) is 5.32 Å². The van der Waals surface area contributed by atoms with Crippen LogP contribution in [0.3, 0.4) is 0 Å². The second kappa shape index (κ2) is 5.59. The first-order chi connectivity index (χ1) is 8.25. The number of aromatic nitrogens is 1. The normalized spacial score (nSPS) is 9.94. The lowest BCUT2D eigenvalue weighted by atomic mass is 10.3. The zero-order chi connectivity index (χ0) is 12.1. The lowest BCUT2D eigenvalue weighted by molar-refractivity contribution is -0.684. The Balaban J connectivity index is 2.01. The summed E-state index contributed by atoms with van der Waals surface area (Å²) in [6.07, 6.45) is 3.72. The third-order valence-electron chi connectivity index (χ3n) is 2.25. The molecule has 1 heterocycles. The van der Waals surface area contributed by atoms with Crippen LogP contribution in [0.15, 0.2) is 59.3 Å². The number of pyridine rings is 1. The minimum Gasteiger partial charge on any atom is -0.320 e.